The molecule has 0 aliphatic rings. The fourth-order valence-corrected chi connectivity index (χ4v) is 2.94. The van der Waals surface area contributed by atoms with Crippen molar-refractivity contribution in [2.24, 2.45) is 0 Å². The van der Waals surface area contributed by atoms with Crippen LogP contribution in [0.25, 0.3) is 5.57 Å². The van der Waals surface area contributed by atoms with E-state index in [2.05, 4.69) is 45.3 Å². The summed E-state index contributed by atoms with van der Waals surface area (Å²) in [6.45, 7) is 8.31. The molecule has 142 valence electrons. The second kappa shape index (κ2) is 11.2. The maximum atomic E-state index is 8.80. The average molecular weight is 385 g/mol. The molecule has 0 spiro atoms. The molecule has 6 nitrogen and oxygen atoms in total. The number of hydrogen-bond donors (Lipinski definition) is 3. The summed E-state index contributed by atoms with van der Waals surface area (Å²) in [6, 6.07) is 9.92. The Morgan fingerprint density at radius 1 is 1.33 bits per heavy atom. The molecule has 1 aromatic heterocycles. The number of anilines is 2. The van der Waals surface area contributed by atoms with Gasteiger partial charge in [-0.15, -0.1) is 0 Å². The van der Waals surface area contributed by atoms with Crippen molar-refractivity contribution in [3.63, 3.8) is 0 Å². The van der Waals surface area contributed by atoms with Crippen LogP contribution in [0, 0.1) is 0 Å². The van der Waals surface area contributed by atoms with Crippen molar-refractivity contribution < 1.29 is 9.84 Å². The lowest BCUT2D eigenvalue weighted by Crippen LogP contribution is -2.09. The van der Waals surface area contributed by atoms with Crippen LogP contribution in [0.4, 0.5) is 11.5 Å². The van der Waals surface area contributed by atoms with E-state index in [9.17, 15) is 0 Å². The molecule has 1 heterocycles. The minimum atomic E-state index is 0.127. The summed E-state index contributed by atoms with van der Waals surface area (Å²) in [6.07, 6.45) is 4.96. The number of nitrogens with zero attached hydrogens (tertiary/aromatic N) is 2. The standard InChI is InChI=1S/C20H24N4O2S/c1-4-6-18(15(2)26-3)19-12-20(22-14-21-19)24-17-8-5-7-16(11-17)13-27-23-9-10-25/h4-8,11-12,14,23,25H,1-2,9-10,13H2,3H3,(H,21,22,24)/b18-6+. The van der Waals surface area contributed by atoms with E-state index >= 15 is 0 Å². The maximum Gasteiger partial charge on any atom is 0.134 e. The number of benzene rings is 1. The molecule has 7 heteroatoms. The van der Waals surface area contributed by atoms with Gasteiger partial charge in [0.1, 0.15) is 17.9 Å². The summed E-state index contributed by atoms with van der Waals surface area (Å²) >= 11 is 1.56. The number of aliphatic hydroxyl groups is 1. The molecule has 0 unspecified atom stereocenters. The Labute approximate surface area is 164 Å². The van der Waals surface area contributed by atoms with Crippen molar-refractivity contribution in [3.8, 4) is 0 Å². The molecule has 0 saturated carbocycles. The van der Waals surface area contributed by atoms with Crippen LogP contribution in [-0.2, 0) is 10.5 Å². The van der Waals surface area contributed by atoms with Crippen LogP contribution < -0.4 is 10.0 Å². The molecule has 2 aromatic rings. The monoisotopic (exact) mass is 384 g/mol. The third kappa shape index (κ3) is 6.56. The highest BCUT2D eigenvalue weighted by atomic mass is 32.2. The molecular formula is C20H24N4O2S. The summed E-state index contributed by atoms with van der Waals surface area (Å²) in [4.78, 5) is 8.59. The summed E-state index contributed by atoms with van der Waals surface area (Å²) < 4.78 is 8.32. The van der Waals surface area contributed by atoms with Crippen molar-refractivity contribution in [2.75, 3.05) is 25.6 Å². The van der Waals surface area contributed by atoms with Crippen molar-refractivity contribution in [3.05, 3.63) is 79.0 Å². The lowest BCUT2D eigenvalue weighted by molar-refractivity contribution is 0.302. The first-order valence-corrected chi connectivity index (χ1v) is 9.36. The maximum absolute atomic E-state index is 8.80. The molecule has 0 radical (unpaired) electrons. The molecule has 0 atom stereocenters. The molecule has 1 aromatic carbocycles. The minimum absolute atomic E-state index is 0.127. The molecular weight excluding hydrogens is 360 g/mol. The van der Waals surface area contributed by atoms with E-state index in [1.165, 1.54) is 6.33 Å². The van der Waals surface area contributed by atoms with Crippen LogP contribution >= 0.6 is 11.9 Å². The summed E-state index contributed by atoms with van der Waals surface area (Å²) in [5.74, 6) is 1.97. The van der Waals surface area contributed by atoms with E-state index in [4.69, 9.17) is 9.84 Å². The second-order valence-electron chi connectivity index (χ2n) is 5.46. The SMILES string of the molecule is C=C/C=C(\C(=C)OC)c1cc(Nc2cccc(CSNCCO)c2)ncn1. The Bertz CT molecular complexity index is 808. The molecule has 2 rings (SSSR count). The number of ether oxygens (including phenoxy) is 1. The van der Waals surface area contributed by atoms with E-state index < -0.39 is 0 Å². The molecule has 0 bridgehead atoms. The minimum Gasteiger partial charge on any atom is -0.497 e. The largest absolute Gasteiger partial charge is 0.497 e. The predicted octanol–water partition coefficient (Wildman–Crippen LogP) is 3.68. The van der Waals surface area contributed by atoms with Gasteiger partial charge in [0, 0.05) is 29.6 Å². The predicted molar refractivity (Wildman–Crippen MR) is 112 cm³/mol. The molecule has 3 N–H and O–H groups in total. The Balaban J connectivity index is 2.13. The highest BCUT2D eigenvalue weighted by Gasteiger charge is 2.09. The Morgan fingerprint density at radius 3 is 2.93 bits per heavy atom. The van der Waals surface area contributed by atoms with E-state index in [0.717, 1.165) is 22.6 Å². The number of rotatable bonds is 11. The summed E-state index contributed by atoms with van der Waals surface area (Å²) in [7, 11) is 1.57. The number of nitrogens with one attached hydrogen (secondary N) is 2. The molecule has 0 saturated heterocycles. The Kier molecular flexibility index (Phi) is 8.57. The fraction of sp³-hybridized carbons (Fsp3) is 0.200. The smallest absolute Gasteiger partial charge is 0.134 e. The quantitative estimate of drug-likeness (QED) is 0.236. The Morgan fingerprint density at radius 2 is 2.19 bits per heavy atom. The zero-order valence-corrected chi connectivity index (χ0v) is 16.1. The van der Waals surface area contributed by atoms with Crippen molar-refractivity contribution >= 4 is 29.0 Å². The van der Waals surface area contributed by atoms with E-state index in [1.807, 2.05) is 18.2 Å². The third-order valence-electron chi connectivity index (χ3n) is 3.53. The topological polar surface area (TPSA) is 79.3 Å². The van der Waals surface area contributed by atoms with E-state index in [-0.39, 0.29) is 6.61 Å². The molecule has 27 heavy (non-hydrogen) atoms. The van der Waals surface area contributed by atoms with Crippen LogP contribution in [-0.4, -0.2) is 35.3 Å². The zero-order valence-electron chi connectivity index (χ0n) is 15.3. The summed E-state index contributed by atoms with van der Waals surface area (Å²) in [5.41, 5.74) is 3.53. The van der Waals surface area contributed by atoms with Crippen molar-refractivity contribution in [2.45, 2.75) is 5.75 Å². The number of allylic oxidation sites excluding steroid dienone is 3. The molecule has 0 fully saturated rings. The van der Waals surface area contributed by atoms with Crippen LogP contribution in [0.15, 0.2) is 67.7 Å². The van der Waals surface area contributed by atoms with Gasteiger partial charge in [-0.2, -0.15) is 0 Å². The lowest BCUT2D eigenvalue weighted by atomic mass is 10.1. The lowest BCUT2D eigenvalue weighted by Gasteiger charge is -2.11. The van der Waals surface area contributed by atoms with Crippen LogP contribution in [0.5, 0.6) is 0 Å². The van der Waals surface area contributed by atoms with Gasteiger partial charge in [-0.05, 0) is 23.8 Å². The van der Waals surface area contributed by atoms with Gasteiger partial charge in [0.15, 0.2) is 0 Å². The zero-order chi connectivity index (χ0) is 19.5. The van der Waals surface area contributed by atoms with Gasteiger partial charge >= 0.3 is 0 Å². The molecule has 0 amide bonds. The van der Waals surface area contributed by atoms with Gasteiger partial charge < -0.3 is 15.2 Å². The molecule has 0 aliphatic heterocycles. The highest BCUT2D eigenvalue weighted by molar-refractivity contribution is 7.96. The van der Waals surface area contributed by atoms with Gasteiger partial charge in [0.05, 0.1) is 19.4 Å². The number of hydrogen-bond acceptors (Lipinski definition) is 7. The van der Waals surface area contributed by atoms with Gasteiger partial charge in [-0.3, -0.25) is 4.72 Å². The average Bonchev–Trinajstić information content (AvgIpc) is 2.69. The second-order valence-corrected chi connectivity index (χ2v) is 6.33. The normalized spacial score (nSPS) is 11.1. The van der Waals surface area contributed by atoms with E-state index in [0.29, 0.717) is 23.8 Å². The Hall–Kier alpha value is -2.61. The fourth-order valence-electron chi connectivity index (χ4n) is 2.26. The van der Waals surface area contributed by atoms with Crippen LogP contribution in [0.1, 0.15) is 11.3 Å². The number of aliphatic hydroxyl groups excluding tert-OH is 1. The van der Waals surface area contributed by atoms with Gasteiger partial charge in [0.25, 0.3) is 0 Å². The number of aromatic nitrogens is 2. The first-order chi connectivity index (χ1) is 13.2. The van der Waals surface area contributed by atoms with Crippen molar-refractivity contribution in [1.29, 1.82) is 0 Å². The number of methoxy groups -OCH3 is 1. The van der Waals surface area contributed by atoms with E-state index in [1.54, 1.807) is 31.2 Å². The van der Waals surface area contributed by atoms with Gasteiger partial charge in [0.2, 0.25) is 0 Å². The first-order valence-electron chi connectivity index (χ1n) is 8.37. The van der Waals surface area contributed by atoms with Crippen LogP contribution in [0.2, 0.25) is 0 Å². The van der Waals surface area contributed by atoms with Gasteiger partial charge in [-0.25, -0.2) is 9.97 Å². The van der Waals surface area contributed by atoms with Crippen molar-refractivity contribution in [1.82, 2.24) is 14.7 Å². The molecule has 0 aliphatic carbocycles. The van der Waals surface area contributed by atoms with Gasteiger partial charge in [-0.1, -0.05) is 43.3 Å². The first kappa shape index (κ1) is 20.7. The highest BCUT2D eigenvalue weighted by Crippen LogP contribution is 2.24. The van der Waals surface area contributed by atoms with Crippen LogP contribution in [0.3, 0.4) is 0 Å². The third-order valence-corrected chi connectivity index (χ3v) is 4.41. The summed E-state index contributed by atoms with van der Waals surface area (Å²) in [5, 5.41) is 12.1.